The Balaban J connectivity index is 0.00000192. The second-order valence-corrected chi connectivity index (χ2v) is 5.58. The van der Waals surface area contributed by atoms with Gasteiger partial charge in [-0.3, -0.25) is 4.79 Å². The van der Waals surface area contributed by atoms with Crippen molar-refractivity contribution in [1.29, 1.82) is 0 Å². The van der Waals surface area contributed by atoms with Gasteiger partial charge < -0.3 is 20.2 Å². The number of amides is 1. The molecule has 5 nitrogen and oxygen atoms in total. The molecule has 1 aromatic carbocycles. The lowest BCUT2D eigenvalue weighted by Gasteiger charge is -2.26. The number of hydrogen-bond acceptors (Lipinski definition) is 4. The number of rotatable bonds is 4. The molecule has 1 aromatic heterocycles. The van der Waals surface area contributed by atoms with Crippen LogP contribution < -0.4 is 11.1 Å². The normalized spacial score (nSPS) is 16.3. The van der Waals surface area contributed by atoms with Crippen LogP contribution in [0.25, 0.3) is 0 Å². The molecule has 23 heavy (non-hydrogen) atoms. The van der Waals surface area contributed by atoms with E-state index in [2.05, 4.69) is 5.32 Å². The minimum absolute atomic E-state index is 0. The lowest BCUT2D eigenvalue weighted by molar-refractivity contribution is 0.0896. The van der Waals surface area contributed by atoms with Gasteiger partial charge in [-0.05, 0) is 54.7 Å². The number of hydrogen-bond donors (Lipinski definition) is 2. The van der Waals surface area contributed by atoms with E-state index in [0.29, 0.717) is 18.1 Å². The number of carbonyl (C=O) groups excluding carboxylic acids is 1. The summed E-state index contributed by atoms with van der Waals surface area (Å²) >= 11 is 0. The number of nitrogens with two attached hydrogens (primary N) is 1. The lowest BCUT2D eigenvalue weighted by Crippen LogP contribution is -2.30. The van der Waals surface area contributed by atoms with Crippen molar-refractivity contribution in [2.24, 2.45) is 0 Å². The third-order valence-electron chi connectivity index (χ3n) is 3.96. The van der Waals surface area contributed by atoms with Crippen LogP contribution >= 0.6 is 12.4 Å². The Labute approximate surface area is 141 Å². The Morgan fingerprint density at radius 3 is 3.00 bits per heavy atom. The van der Waals surface area contributed by atoms with Crippen molar-refractivity contribution in [1.82, 2.24) is 5.32 Å². The van der Waals surface area contributed by atoms with Crippen molar-refractivity contribution in [3.8, 4) is 0 Å². The molecule has 0 fully saturated rings. The van der Waals surface area contributed by atoms with Crippen molar-refractivity contribution < 1.29 is 13.9 Å². The molecular weight excluding hydrogens is 316 g/mol. The molecule has 0 aliphatic heterocycles. The smallest absolute Gasteiger partial charge is 0.287 e. The number of methoxy groups -OCH3 is 1. The molecule has 124 valence electrons. The molecule has 1 unspecified atom stereocenters. The predicted octanol–water partition coefficient (Wildman–Crippen LogP) is 3.24. The number of ether oxygens (including phenoxy) is 1. The Morgan fingerprint density at radius 2 is 2.22 bits per heavy atom. The van der Waals surface area contributed by atoms with Gasteiger partial charge in [0.2, 0.25) is 0 Å². The van der Waals surface area contributed by atoms with Gasteiger partial charge in [-0.15, -0.1) is 12.4 Å². The molecule has 3 rings (SSSR count). The SMILES string of the molecule is COCc1ccc(C(=O)NC2CCCc3cc(N)ccc32)o1.Cl. The number of fused-ring (bicyclic) bond motifs is 1. The summed E-state index contributed by atoms with van der Waals surface area (Å²) in [5.41, 5.74) is 8.97. The van der Waals surface area contributed by atoms with Crippen LogP contribution in [0, 0.1) is 0 Å². The fourth-order valence-electron chi connectivity index (χ4n) is 2.93. The largest absolute Gasteiger partial charge is 0.453 e. The Morgan fingerprint density at radius 1 is 1.39 bits per heavy atom. The molecular formula is C17H21ClN2O3. The van der Waals surface area contributed by atoms with E-state index in [-0.39, 0.29) is 24.4 Å². The summed E-state index contributed by atoms with van der Waals surface area (Å²) in [4.78, 5) is 12.3. The van der Waals surface area contributed by atoms with Crippen molar-refractivity contribution >= 4 is 24.0 Å². The maximum absolute atomic E-state index is 12.3. The molecule has 2 aromatic rings. The minimum Gasteiger partial charge on any atom is -0.453 e. The number of benzene rings is 1. The van der Waals surface area contributed by atoms with E-state index < -0.39 is 0 Å². The highest BCUT2D eigenvalue weighted by molar-refractivity contribution is 5.91. The molecule has 0 radical (unpaired) electrons. The predicted molar refractivity (Wildman–Crippen MR) is 90.7 cm³/mol. The van der Waals surface area contributed by atoms with E-state index in [1.165, 1.54) is 5.56 Å². The second kappa shape index (κ2) is 7.53. The highest BCUT2D eigenvalue weighted by Crippen LogP contribution is 2.31. The third kappa shape index (κ3) is 3.86. The highest BCUT2D eigenvalue weighted by atomic mass is 35.5. The van der Waals surface area contributed by atoms with Gasteiger partial charge in [0, 0.05) is 12.8 Å². The number of furan rings is 1. The summed E-state index contributed by atoms with van der Waals surface area (Å²) in [5, 5.41) is 3.05. The number of anilines is 1. The average Bonchev–Trinajstić information content (AvgIpc) is 2.96. The standard InChI is InChI=1S/C17H20N2O3.ClH/c1-21-10-13-6-8-16(22-13)17(20)19-15-4-2-3-11-9-12(18)5-7-14(11)15;/h5-9,15H,2-4,10,18H2,1H3,(H,19,20);1H. The molecule has 1 atom stereocenters. The summed E-state index contributed by atoms with van der Waals surface area (Å²) in [7, 11) is 1.59. The van der Waals surface area contributed by atoms with Gasteiger partial charge in [0.05, 0.1) is 6.04 Å². The number of halogens is 1. The quantitative estimate of drug-likeness (QED) is 0.840. The fourth-order valence-corrected chi connectivity index (χ4v) is 2.93. The second-order valence-electron chi connectivity index (χ2n) is 5.58. The summed E-state index contributed by atoms with van der Waals surface area (Å²) in [5.74, 6) is 0.760. The summed E-state index contributed by atoms with van der Waals surface area (Å²) in [6.45, 7) is 0.360. The summed E-state index contributed by atoms with van der Waals surface area (Å²) < 4.78 is 10.5. The molecule has 0 spiro atoms. The van der Waals surface area contributed by atoms with Crippen molar-refractivity contribution in [3.63, 3.8) is 0 Å². The monoisotopic (exact) mass is 336 g/mol. The van der Waals surface area contributed by atoms with Gasteiger partial charge >= 0.3 is 0 Å². The van der Waals surface area contributed by atoms with E-state index in [9.17, 15) is 4.79 Å². The first-order valence-electron chi connectivity index (χ1n) is 7.44. The van der Waals surface area contributed by atoms with Crippen LogP contribution in [0.5, 0.6) is 0 Å². The van der Waals surface area contributed by atoms with Crippen molar-refractivity contribution in [2.75, 3.05) is 12.8 Å². The number of nitrogens with one attached hydrogen (secondary N) is 1. The minimum atomic E-state index is -0.197. The van der Waals surface area contributed by atoms with Gasteiger partial charge in [0.25, 0.3) is 5.91 Å². The zero-order chi connectivity index (χ0) is 15.5. The molecule has 1 heterocycles. The summed E-state index contributed by atoms with van der Waals surface area (Å²) in [6, 6.07) is 9.33. The highest BCUT2D eigenvalue weighted by Gasteiger charge is 2.23. The maximum Gasteiger partial charge on any atom is 0.287 e. The molecule has 1 aliphatic rings. The zero-order valence-corrected chi connectivity index (χ0v) is 13.8. The van der Waals surface area contributed by atoms with Crippen LogP contribution in [-0.4, -0.2) is 13.0 Å². The summed E-state index contributed by atoms with van der Waals surface area (Å²) in [6.07, 6.45) is 2.97. The van der Waals surface area contributed by atoms with Crippen molar-refractivity contribution in [2.45, 2.75) is 31.9 Å². The van der Waals surface area contributed by atoms with E-state index in [1.807, 2.05) is 18.2 Å². The van der Waals surface area contributed by atoms with Crippen LogP contribution in [0.15, 0.2) is 34.7 Å². The van der Waals surface area contributed by atoms with E-state index in [0.717, 1.165) is 30.5 Å². The Hall–Kier alpha value is -1.98. The van der Waals surface area contributed by atoms with Crippen LogP contribution in [0.4, 0.5) is 5.69 Å². The first kappa shape index (κ1) is 17.4. The van der Waals surface area contributed by atoms with Crippen LogP contribution in [0.3, 0.4) is 0 Å². The number of aryl methyl sites for hydroxylation is 1. The number of carbonyl (C=O) groups is 1. The van der Waals surface area contributed by atoms with Crippen LogP contribution in [0.1, 0.15) is 46.3 Å². The third-order valence-corrected chi connectivity index (χ3v) is 3.96. The molecule has 0 saturated heterocycles. The van der Waals surface area contributed by atoms with E-state index in [1.54, 1.807) is 19.2 Å². The Kier molecular flexibility index (Phi) is 5.69. The molecule has 1 aliphatic carbocycles. The lowest BCUT2D eigenvalue weighted by atomic mass is 9.87. The first-order valence-corrected chi connectivity index (χ1v) is 7.44. The Bertz CT molecular complexity index is 684. The fraction of sp³-hybridized carbons (Fsp3) is 0.353. The molecule has 1 amide bonds. The van der Waals surface area contributed by atoms with E-state index in [4.69, 9.17) is 14.9 Å². The van der Waals surface area contributed by atoms with Crippen LogP contribution in [-0.2, 0) is 17.8 Å². The van der Waals surface area contributed by atoms with Gasteiger partial charge in [0.15, 0.2) is 5.76 Å². The molecule has 0 saturated carbocycles. The number of nitrogen functional groups attached to an aromatic ring is 1. The van der Waals surface area contributed by atoms with Gasteiger partial charge in [-0.25, -0.2) is 0 Å². The molecule has 3 N–H and O–H groups in total. The van der Waals surface area contributed by atoms with Gasteiger partial charge in [0.1, 0.15) is 12.4 Å². The molecule has 6 heteroatoms. The topological polar surface area (TPSA) is 77.5 Å². The zero-order valence-electron chi connectivity index (χ0n) is 13.0. The first-order chi connectivity index (χ1) is 10.7. The van der Waals surface area contributed by atoms with Crippen LogP contribution in [0.2, 0.25) is 0 Å². The van der Waals surface area contributed by atoms with E-state index >= 15 is 0 Å². The molecule has 0 bridgehead atoms. The van der Waals surface area contributed by atoms with Gasteiger partial charge in [-0.1, -0.05) is 6.07 Å². The maximum atomic E-state index is 12.3. The van der Waals surface area contributed by atoms with Gasteiger partial charge in [-0.2, -0.15) is 0 Å². The van der Waals surface area contributed by atoms with Crippen molar-refractivity contribution in [3.05, 3.63) is 53.0 Å². The average molecular weight is 337 g/mol.